The summed E-state index contributed by atoms with van der Waals surface area (Å²) in [6, 6.07) is 8.82. The van der Waals surface area contributed by atoms with Crippen LogP contribution in [0.5, 0.6) is 0 Å². The molecule has 1 fully saturated rings. The fourth-order valence-corrected chi connectivity index (χ4v) is 4.62. The van der Waals surface area contributed by atoms with E-state index in [4.69, 9.17) is 4.74 Å². The van der Waals surface area contributed by atoms with Crippen molar-refractivity contribution in [2.24, 2.45) is 5.92 Å². The van der Waals surface area contributed by atoms with Gasteiger partial charge in [-0.25, -0.2) is 0 Å². The molecule has 0 saturated heterocycles. The van der Waals surface area contributed by atoms with Crippen LogP contribution in [0.25, 0.3) is 0 Å². The van der Waals surface area contributed by atoms with Gasteiger partial charge in [-0.1, -0.05) is 44.4 Å². The van der Waals surface area contributed by atoms with Crippen LogP contribution in [0.4, 0.5) is 0 Å². The van der Waals surface area contributed by atoms with E-state index >= 15 is 0 Å². The number of fused-ring (bicyclic) bond motifs is 1. The van der Waals surface area contributed by atoms with Crippen molar-refractivity contribution in [2.45, 2.75) is 55.9 Å². The predicted molar refractivity (Wildman–Crippen MR) is 81.9 cm³/mol. The molecule has 1 aromatic rings. The van der Waals surface area contributed by atoms with Gasteiger partial charge in [0.15, 0.2) is 0 Å². The van der Waals surface area contributed by atoms with E-state index in [0.29, 0.717) is 12.0 Å². The second-order valence-corrected chi connectivity index (χ2v) is 7.00. The average molecular weight is 276 g/mol. The van der Waals surface area contributed by atoms with Gasteiger partial charge in [-0.15, -0.1) is 11.8 Å². The zero-order valence-electron chi connectivity index (χ0n) is 11.8. The Morgan fingerprint density at radius 1 is 1.26 bits per heavy atom. The van der Waals surface area contributed by atoms with E-state index < -0.39 is 0 Å². The molecule has 0 amide bonds. The molecule has 0 spiro atoms. The summed E-state index contributed by atoms with van der Waals surface area (Å²) in [7, 11) is 0. The third kappa shape index (κ3) is 3.17. The van der Waals surface area contributed by atoms with Gasteiger partial charge in [0.1, 0.15) is 0 Å². The second-order valence-electron chi connectivity index (χ2n) is 5.94. The molecule has 2 heteroatoms. The molecule has 0 N–H and O–H groups in total. The van der Waals surface area contributed by atoms with E-state index in [1.165, 1.54) is 48.3 Å². The molecule has 0 aromatic heterocycles. The molecule has 1 heterocycles. The summed E-state index contributed by atoms with van der Waals surface area (Å²) in [5.41, 5.74) is 1.51. The molecule has 0 bridgehead atoms. The maximum Gasteiger partial charge on any atom is 0.0578 e. The predicted octanol–water partition coefficient (Wildman–Crippen LogP) is 4.86. The number of hydrogen-bond donors (Lipinski definition) is 0. The summed E-state index contributed by atoms with van der Waals surface area (Å²) < 4.78 is 6.24. The fourth-order valence-electron chi connectivity index (χ4n) is 3.38. The molecule has 3 rings (SSSR count). The van der Waals surface area contributed by atoms with Crippen molar-refractivity contribution in [1.29, 1.82) is 0 Å². The van der Waals surface area contributed by atoms with Gasteiger partial charge >= 0.3 is 0 Å². The van der Waals surface area contributed by atoms with Crippen LogP contribution >= 0.6 is 11.8 Å². The second kappa shape index (κ2) is 6.32. The van der Waals surface area contributed by atoms with Crippen LogP contribution in [0.2, 0.25) is 0 Å². The minimum absolute atomic E-state index is 0.525. The topological polar surface area (TPSA) is 9.23 Å². The number of ether oxygens (including phenoxy) is 1. The minimum Gasteiger partial charge on any atom is -0.378 e. The molecule has 104 valence electrons. The maximum absolute atomic E-state index is 6.24. The lowest BCUT2D eigenvalue weighted by molar-refractivity contribution is 0.00744. The first-order valence-corrected chi connectivity index (χ1v) is 8.68. The summed E-state index contributed by atoms with van der Waals surface area (Å²) in [6.07, 6.45) is 7.19. The van der Waals surface area contributed by atoms with Gasteiger partial charge in [-0.2, -0.15) is 0 Å². The lowest BCUT2D eigenvalue weighted by Crippen LogP contribution is -2.24. The van der Waals surface area contributed by atoms with E-state index in [2.05, 4.69) is 31.2 Å². The normalized spacial score (nSPS) is 30.3. The van der Waals surface area contributed by atoms with Crippen molar-refractivity contribution in [3.05, 3.63) is 29.8 Å². The van der Waals surface area contributed by atoms with Crippen molar-refractivity contribution in [3.8, 4) is 0 Å². The Bertz CT molecular complexity index is 417. The molecule has 3 atom stereocenters. The van der Waals surface area contributed by atoms with Gasteiger partial charge < -0.3 is 4.74 Å². The van der Waals surface area contributed by atoms with E-state index in [9.17, 15) is 0 Å². The average Bonchev–Trinajstić information content (AvgIpc) is 2.89. The van der Waals surface area contributed by atoms with E-state index in [1.54, 1.807) is 0 Å². The summed E-state index contributed by atoms with van der Waals surface area (Å²) in [6.45, 7) is 3.24. The number of thioether (sulfide) groups is 1. The highest BCUT2D eigenvalue weighted by Crippen LogP contribution is 2.40. The maximum atomic E-state index is 6.24. The molecule has 1 saturated carbocycles. The number of benzene rings is 1. The lowest BCUT2D eigenvalue weighted by atomic mass is 9.85. The first kappa shape index (κ1) is 13.5. The summed E-state index contributed by atoms with van der Waals surface area (Å²) in [4.78, 5) is 1.46. The number of rotatable bonds is 4. The quantitative estimate of drug-likeness (QED) is 0.776. The van der Waals surface area contributed by atoms with Crippen LogP contribution in [0.3, 0.4) is 0 Å². The third-order valence-electron chi connectivity index (χ3n) is 4.64. The monoisotopic (exact) mass is 276 g/mol. The fraction of sp³-hybridized carbons (Fsp3) is 0.647. The van der Waals surface area contributed by atoms with Crippen LogP contribution in [0.15, 0.2) is 29.2 Å². The van der Waals surface area contributed by atoms with Crippen molar-refractivity contribution in [3.63, 3.8) is 0 Å². The molecule has 1 aromatic carbocycles. The van der Waals surface area contributed by atoms with Crippen LogP contribution in [0, 0.1) is 5.92 Å². The summed E-state index contributed by atoms with van der Waals surface area (Å²) in [5.74, 6) is 2.72. The smallest absolute Gasteiger partial charge is 0.0578 e. The Labute approximate surface area is 121 Å². The molecule has 3 unspecified atom stereocenters. The largest absolute Gasteiger partial charge is 0.378 e. The van der Waals surface area contributed by atoms with Crippen molar-refractivity contribution >= 4 is 11.8 Å². The molecule has 2 aliphatic rings. The van der Waals surface area contributed by atoms with Gasteiger partial charge in [0, 0.05) is 16.6 Å². The zero-order valence-corrected chi connectivity index (χ0v) is 12.6. The lowest BCUT2D eigenvalue weighted by Gasteiger charge is -2.29. The minimum atomic E-state index is 0.525. The summed E-state index contributed by atoms with van der Waals surface area (Å²) >= 11 is 1.99. The molecule has 1 aliphatic heterocycles. The Morgan fingerprint density at radius 2 is 2.16 bits per heavy atom. The van der Waals surface area contributed by atoms with Gasteiger partial charge in [0.05, 0.1) is 12.7 Å². The summed E-state index contributed by atoms with van der Waals surface area (Å²) in [5, 5.41) is 0. The van der Waals surface area contributed by atoms with Crippen molar-refractivity contribution in [1.82, 2.24) is 0 Å². The van der Waals surface area contributed by atoms with Gasteiger partial charge in [-0.05, 0) is 30.4 Å². The zero-order chi connectivity index (χ0) is 13.1. The van der Waals surface area contributed by atoms with Crippen molar-refractivity contribution < 1.29 is 4.74 Å². The highest BCUT2D eigenvalue weighted by atomic mass is 32.2. The Balaban J connectivity index is 1.53. The van der Waals surface area contributed by atoms with Crippen LogP contribution in [-0.4, -0.2) is 18.5 Å². The van der Waals surface area contributed by atoms with Gasteiger partial charge in [-0.3, -0.25) is 0 Å². The highest BCUT2D eigenvalue weighted by Gasteiger charge is 2.26. The Hall–Kier alpha value is -0.470. The molecular weight excluding hydrogens is 252 g/mol. The van der Waals surface area contributed by atoms with E-state index in [0.717, 1.165) is 12.5 Å². The molecule has 1 aliphatic carbocycles. The van der Waals surface area contributed by atoms with Gasteiger partial charge in [0.2, 0.25) is 0 Å². The molecule has 1 nitrogen and oxygen atoms in total. The standard InChI is InChI=1S/C17H24OS/c1-2-13-6-5-7-15(10-13)18-11-14-12-19-17-9-4-3-8-16(14)17/h3-4,8-9,13-15H,2,5-7,10-12H2,1H3. The first-order valence-electron chi connectivity index (χ1n) is 7.70. The van der Waals surface area contributed by atoms with Crippen LogP contribution in [-0.2, 0) is 4.74 Å². The molecule has 0 radical (unpaired) electrons. The van der Waals surface area contributed by atoms with E-state index in [-0.39, 0.29) is 0 Å². The van der Waals surface area contributed by atoms with Crippen molar-refractivity contribution in [2.75, 3.05) is 12.4 Å². The van der Waals surface area contributed by atoms with Crippen LogP contribution in [0.1, 0.15) is 50.5 Å². The van der Waals surface area contributed by atoms with E-state index in [1.807, 2.05) is 11.8 Å². The number of hydrogen-bond acceptors (Lipinski definition) is 2. The highest BCUT2D eigenvalue weighted by molar-refractivity contribution is 7.99. The third-order valence-corrected chi connectivity index (χ3v) is 5.90. The SMILES string of the molecule is CCC1CCCC(OCC2CSc3ccccc32)C1. The first-order chi connectivity index (χ1) is 9.36. The Morgan fingerprint density at radius 3 is 3.05 bits per heavy atom. The molecule has 19 heavy (non-hydrogen) atoms. The van der Waals surface area contributed by atoms with Crippen LogP contribution < -0.4 is 0 Å². The molecular formula is C17H24OS. The Kier molecular flexibility index (Phi) is 4.49. The van der Waals surface area contributed by atoms with Gasteiger partial charge in [0.25, 0.3) is 0 Å².